The fourth-order valence-electron chi connectivity index (χ4n) is 2.53. The molecule has 0 unspecified atom stereocenters. The van der Waals surface area contributed by atoms with Gasteiger partial charge in [-0.2, -0.15) is 4.98 Å². The number of pyridine rings is 1. The minimum atomic E-state index is -0.543. The molecule has 10 nitrogen and oxygen atoms in total. The number of aryl methyl sites for hydroxylation is 1. The van der Waals surface area contributed by atoms with Crippen LogP contribution in [0.25, 0.3) is 11.1 Å². The van der Waals surface area contributed by atoms with Crippen LogP contribution in [0.3, 0.4) is 0 Å². The molecule has 4 aromatic rings. The maximum atomic E-state index is 12.3. The number of nitrogens with one attached hydrogen (secondary N) is 3. The average molecular weight is 389 g/mol. The molecule has 3 heterocycles. The number of aromatic nitrogens is 4. The van der Waals surface area contributed by atoms with Gasteiger partial charge in [0.1, 0.15) is 5.52 Å². The number of rotatable bonds is 4. The SMILES string of the molecule is Cc1nc(Nc2nc3ccccc3o2)ncc1C(=O)NNC(=O)c1ccncc1. The van der Waals surface area contributed by atoms with Crippen molar-refractivity contribution in [3.8, 4) is 0 Å². The standard InChI is InChI=1S/C19H15N7O3/c1-11-13(17(28)26-25-16(27)12-6-8-20-9-7-12)10-21-18(22-11)24-19-23-14-4-2-3-5-15(14)29-19/h2-10H,1H3,(H,25,27)(H,26,28)(H,21,22,23,24). The molecule has 2 amide bonds. The van der Waals surface area contributed by atoms with Gasteiger partial charge in [0.2, 0.25) is 5.95 Å². The Morgan fingerprint density at radius 2 is 1.72 bits per heavy atom. The lowest BCUT2D eigenvalue weighted by atomic mass is 10.2. The molecule has 0 bridgehead atoms. The Balaban J connectivity index is 1.42. The second kappa shape index (κ2) is 7.72. The van der Waals surface area contributed by atoms with Gasteiger partial charge in [-0.15, -0.1) is 0 Å². The number of hydrogen-bond acceptors (Lipinski definition) is 8. The molecular weight excluding hydrogens is 374 g/mol. The predicted octanol–water partition coefficient (Wildman–Crippen LogP) is 2.14. The highest BCUT2D eigenvalue weighted by Crippen LogP contribution is 2.20. The second-order valence-corrected chi connectivity index (χ2v) is 5.95. The molecule has 29 heavy (non-hydrogen) atoms. The number of oxazole rings is 1. The lowest BCUT2D eigenvalue weighted by Gasteiger charge is -2.09. The van der Waals surface area contributed by atoms with Crippen molar-refractivity contribution in [2.75, 3.05) is 5.32 Å². The monoisotopic (exact) mass is 389 g/mol. The van der Waals surface area contributed by atoms with Gasteiger partial charge >= 0.3 is 6.01 Å². The summed E-state index contributed by atoms with van der Waals surface area (Å²) in [6.45, 7) is 1.65. The van der Waals surface area contributed by atoms with E-state index < -0.39 is 11.8 Å². The molecule has 0 aliphatic rings. The van der Waals surface area contributed by atoms with Gasteiger partial charge in [0.25, 0.3) is 11.8 Å². The van der Waals surface area contributed by atoms with Gasteiger partial charge in [0.05, 0.1) is 11.3 Å². The van der Waals surface area contributed by atoms with Crippen molar-refractivity contribution in [2.45, 2.75) is 6.92 Å². The van der Waals surface area contributed by atoms with E-state index in [1.54, 1.807) is 13.0 Å². The van der Waals surface area contributed by atoms with Gasteiger partial charge in [-0.1, -0.05) is 12.1 Å². The van der Waals surface area contributed by atoms with Crippen LogP contribution < -0.4 is 16.2 Å². The number of hydrazine groups is 1. The molecule has 144 valence electrons. The zero-order valence-corrected chi connectivity index (χ0v) is 15.2. The number of nitrogens with zero attached hydrogens (tertiary/aromatic N) is 4. The number of anilines is 2. The number of para-hydroxylation sites is 2. The van der Waals surface area contributed by atoms with E-state index in [-0.39, 0.29) is 17.5 Å². The summed E-state index contributed by atoms with van der Waals surface area (Å²) in [7, 11) is 0. The summed E-state index contributed by atoms with van der Waals surface area (Å²) >= 11 is 0. The van der Waals surface area contributed by atoms with Crippen LogP contribution in [0.5, 0.6) is 0 Å². The molecular formula is C19H15N7O3. The van der Waals surface area contributed by atoms with Crippen LogP contribution in [0.1, 0.15) is 26.4 Å². The Hall–Kier alpha value is -4.34. The minimum Gasteiger partial charge on any atom is -0.423 e. The number of amides is 2. The quantitative estimate of drug-likeness (QED) is 0.452. The van der Waals surface area contributed by atoms with Crippen LogP contribution in [-0.4, -0.2) is 31.8 Å². The van der Waals surface area contributed by atoms with Gasteiger partial charge < -0.3 is 4.42 Å². The Labute approximate surface area is 164 Å². The van der Waals surface area contributed by atoms with Crippen molar-refractivity contribution in [3.05, 3.63) is 71.8 Å². The highest BCUT2D eigenvalue weighted by molar-refractivity contribution is 5.99. The second-order valence-electron chi connectivity index (χ2n) is 5.95. The largest absolute Gasteiger partial charge is 0.423 e. The number of benzene rings is 1. The molecule has 1 aromatic carbocycles. The van der Waals surface area contributed by atoms with Gasteiger partial charge in [-0.25, -0.2) is 9.97 Å². The third-order valence-electron chi connectivity index (χ3n) is 3.97. The van der Waals surface area contributed by atoms with Crippen molar-refractivity contribution in [1.82, 2.24) is 30.8 Å². The summed E-state index contributed by atoms with van der Waals surface area (Å²) in [4.78, 5) is 40.8. The Bertz CT molecular complexity index is 1160. The van der Waals surface area contributed by atoms with Crippen LogP contribution in [0, 0.1) is 6.92 Å². The fraction of sp³-hybridized carbons (Fsp3) is 0.0526. The van der Waals surface area contributed by atoms with Gasteiger partial charge in [0, 0.05) is 24.2 Å². The molecule has 0 aliphatic carbocycles. The molecule has 0 fully saturated rings. The Morgan fingerprint density at radius 1 is 0.966 bits per heavy atom. The van der Waals surface area contributed by atoms with E-state index in [0.29, 0.717) is 22.4 Å². The maximum absolute atomic E-state index is 12.3. The fourth-order valence-corrected chi connectivity index (χ4v) is 2.53. The zero-order chi connectivity index (χ0) is 20.2. The molecule has 10 heteroatoms. The number of carbonyl (C=O) groups excluding carboxylic acids is 2. The van der Waals surface area contributed by atoms with E-state index in [9.17, 15) is 9.59 Å². The zero-order valence-electron chi connectivity index (χ0n) is 15.2. The minimum absolute atomic E-state index is 0.211. The van der Waals surface area contributed by atoms with Crippen molar-refractivity contribution < 1.29 is 14.0 Å². The van der Waals surface area contributed by atoms with Gasteiger partial charge in [0.15, 0.2) is 5.58 Å². The Kier molecular flexibility index (Phi) is 4.81. The summed E-state index contributed by atoms with van der Waals surface area (Å²) in [5.41, 5.74) is 6.99. The molecule has 0 radical (unpaired) electrons. The molecule has 0 atom stereocenters. The molecule has 0 spiro atoms. The first-order chi connectivity index (χ1) is 14.1. The van der Waals surface area contributed by atoms with Crippen molar-refractivity contribution >= 4 is 34.9 Å². The van der Waals surface area contributed by atoms with E-state index >= 15 is 0 Å². The number of hydrogen-bond donors (Lipinski definition) is 3. The maximum Gasteiger partial charge on any atom is 0.302 e. The van der Waals surface area contributed by atoms with E-state index in [4.69, 9.17) is 4.42 Å². The highest BCUT2D eigenvalue weighted by atomic mass is 16.4. The predicted molar refractivity (Wildman–Crippen MR) is 103 cm³/mol. The first-order valence-electron chi connectivity index (χ1n) is 8.57. The average Bonchev–Trinajstić information content (AvgIpc) is 3.14. The van der Waals surface area contributed by atoms with E-state index in [2.05, 4.69) is 36.1 Å². The van der Waals surface area contributed by atoms with Crippen LogP contribution in [0.15, 0.2) is 59.4 Å². The summed E-state index contributed by atoms with van der Waals surface area (Å²) < 4.78 is 5.56. The van der Waals surface area contributed by atoms with Crippen molar-refractivity contribution in [3.63, 3.8) is 0 Å². The summed E-state index contributed by atoms with van der Waals surface area (Å²) in [6, 6.07) is 10.6. The van der Waals surface area contributed by atoms with Crippen LogP contribution >= 0.6 is 0 Å². The molecule has 3 N–H and O–H groups in total. The van der Waals surface area contributed by atoms with Crippen LogP contribution in [-0.2, 0) is 0 Å². The summed E-state index contributed by atoms with van der Waals surface area (Å²) in [5, 5.41) is 2.86. The lowest BCUT2D eigenvalue weighted by Crippen LogP contribution is -2.42. The molecule has 4 rings (SSSR count). The molecule has 0 saturated heterocycles. The topological polar surface area (TPSA) is 135 Å². The molecule has 0 saturated carbocycles. The van der Waals surface area contributed by atoms with E-state index in [1.165, 1.54) is 30.7 Å². The third kappa shape index (κ3) is 4.00. The first-order valence-corrected chi connectivity index (χ1v) is 8.57. The molecule has 0 aliphatic heterocycles. The Morgan fingerprint density at radius 3 is 2.48 bits per heavy atom. The van der Waals surface area contributed by atoms with E-state index in [0.717, 1.165) is 0 Å². The van der Waals surface area contributed by atoms with Gasteiger partial charge in [-0.3, -0.25) is 30.7 Å². The first kappa shape index (κ1) is 18.0. The lowest BCUT2D eigenvalue weighted by molar-refractivity contribution is 0.0846. The third-order valence-corrected chi connectivity index (χ3v) is 3.97. The summed E-state index contributed by atoms with van der Waals surface area (Å²) in [6.07, 6.45) is 4.32. The van der Waals surface area contributed by atoms with E-state index in [1.807, 2.05) is 18.2 Å². The van der Waals surface area contributed by atoms with Crippen LogP contribution in [0.4, 0.5) is 12.0 Å². The molecule has 3 aromatic heterocycles. The highest BCUT2D eigenvalue weighted by Gasteiger charge is 2.14. The van der Waals surface area contributed by atoms with Crippen molar-refractivity contribution in [1.29, 1.82) is 0 Å². The normalized spacial score (nSPS) is 10.5. The number of carbonyl (C=O) groups is 2. The summed E-state index contributed by atoms with van der Waals surface area (Å²) in [5.74, 6) is -0.779. The smallest absolute Gasteiger partial charge is 0.302 e. The van der Waals surface area contributed by atoms with Crippen molar-refractivity contribution in [2.24, 2.45) is 0 Å². The van der Waals surface area contributed by atoms with Gasteiger partial charge in [-0.05, 0) is 31.2 Å². The number of fused-ring (bicyclic) bond motifs is 1. The van der Waals surface area contributed by atoms with Crippen LogP contribution in [0.2, 0.25) is 0 Å².